The number of benzene rings is 1. The predicted octanol–water partition coefficient (Wildman–Crippen LogP) is 3.26. The molecule has 1 aromatic carbocycles. The summed E-state index contributed by atoms with van der Waals surface area (Å²) in [5.74, 6) is 1.25. The number of nitrogens with zero attached hydrogens (tertiary/aromatic N) is 4. The second-order valence-corrected chi connectivity index (χ2v) is 5.23. The lowest BCUT2D eigenvalue weighted by Gasteiger charge is -2.19. The van der Waals surface area contributed by atoms with Gasteiger partial charge in [0.2, 0.25) is 0 Å². The molecule has 0 aliphatic carbocycles. The molecule has 0 atom stereocenters. The smallest absolute Gasteiger partial charge is 0.162 e. The summed E-state index contributed by atoms with van der Waals surface area (Å²) in [4.78, 5) is 15.0. The lowest BCUT2D eigenvalue weighted by molar-refractivity contribution is 0.374. The van der Waals surface area contributed by atoms with Crippen LogP contribution >= 0.6 is 24.8 Å². The molecule has 2 aromatic heterocycles. The maximum Gasteiger partial charge on any atom is 0.162 e. The summed E-state index contributed by atoms with van der Waals surface area (Å²) in [6.07, 6.45) is 4.12. The molecule has 0 fully saturated rings. The van der Waals surface area contributed by atoms with E-state index in [0.717, 1.165) is 35.4 Å². The molecule has 1 N–H and O–H groups in total. The van der Waals surface area contributed by atoms with Gasteiger partial charge in [0.25, 0.3) is 0 Å². The van der Waals surface area contributed by atoms with Crippen LogP contribution in [0.1, 0.15) is 5.69 Å². The minimum atomic E-state index is 0. The minimum absolute atomic E-state index is 0. The van der Waals surface area contributed by atoms with Crippen molar-refractivity contribution >= 4 is 41.5 Å². The van der Waals surface area contributed by atoms with Gasteiger partial charge in [0, 0.05) is 43.4 Å². The van der Waals surface area contributed by atoms with E-state index in [0.29, 0.717) is 5.75 Å². The Morgan fingerprint density at radius 3 is 2.60 bits per heavy atom. The summed E-state index contributed by atoms with van der Waals surface area (Å²) >= 11 is 0. The Kier molecular flexibility index (Phi) is 7.67. The van der Waals surface area contributed by atoms with Crippen molar-refractivity contribution < 1.29 is 9.84 Å². The van der Waals surface area contributed by atoms with Crippen molar-refractivity contribution in [1.82, 2.24) is 15.0 Å². The second-order valence-electron chi connectivity index (χ2n) is 5.23. The first-order valence-electron chi connectivity index (χ1n) is 7.32. The normalized spacial score (nSPS) is 9.84. The molecule has 0 unspecified atom stereocenters. The van der Waals surface area contributed by atoms with E-state index < -0.39 is 0 Å². The Morgan fingerprint density at radius 1 is 1.12 bits per heavy atom. The van der Waals surface area contributed by atoms with Crippen LogP contribution in [0.2, 0.25) is 0 Å². The van der Waals surface area contributed by atoms with Crippen molar-refractivity contribution in [2.75, 3.05) is 25.6 Å². The monoisotopic (exact) mass is 382 g/mol. The third-order valence-corrected chi connectivity index (χ3v) is 3.71. The number of likely N-dealkylation sites (N-methyl/N-ethyl adjacent to an activating group) is 1. The fraction of sp³-hybridized carbons (Fsp3) is 0.235. The molecule has 0 radical (unpaired) electrons. The molecule has 0 amide bonds. The summed E-state index contributed by atoms with van der Waals surface area (Å²) in [6, 6.07) is 9.24. The third kappa shape index (κ3) is 4.61. The Balaban J connectivity index is 0.00000156. The number of ether oxygens (including phenoxy) is 1. The molecule has 3 rings (SSSR count). The van der Waals surface area contributed by atoms with Gasteiger partial charge in [0.15, 0.2) is 11.5 Å². The highest BCUT2D eigenvalue weighted by molar-refractivity contribution is 5.91. The standard InChI is InChI=1S/C17H18N4O2.2ClH/c1-21(8-6-12-5-3-4-7-18-12)17-13-9-15(22)16(23-2)10-14(13)19-11-20-17;;/h3-5,7,9-11,22H,6,8H2,1-2H3;2*1H. The number of hydrogen-bond acceptors (Lipinski definition) is 6. The molecule has 0 aliphatic heterocycles. The number of halogens is 2. The summed E-state index contributed by atoms with van der Waals surface area (Å²) in [6.45, 7) is 0.760. The number of phenolic OH excluding ortho intramolecular Hbond substituents is 1. The van der Waals surface area contributed by atoms with Crippen LogP contribution in [-0.4, -0.2) is 40.8 Å². The first-order chi connectivity index (χ1) is 11.2. The van der Waals surface area contributed by atoms with Gasteiger partial charge in [-0.3, -0.25) is 4.98 Å². The summed E-state index contributed by atoms with van der Waals surface area (Å²) in [5.41, 5.74) is 1.76. The number of fused-ring (bicyclic) bond motifs is 1. The number of phenols is 1. The van der Waals surface area contributed by atoms with Crippen molar-refractivity contribution in [2.45, 2.75) is 6.42 Å². The molecule has 6 nitrogen and oxygen atoms in total. The number of aromatic hydroxyl groups is 1. The van der Waals surface area contributed by atoms with Gasteiger partial charge in [0.1, 0.15) is 12.1 Å². The summed E-state index contributed by atoms with van der Waals surface area (Å²) in [5, 5.41) is 10.8. The van der Waals surface area contributed by atoms with E-state index in [1.807, 2.05) is 30.1 Å². The number of hydrogen-bond donors (Lipinski definition) is 1. The molecule has 0 saturated carbocycles. The van der Waals surface area contributed by atoms with Gasteiger partial charge in [0.05, 0.1) is 12.6 Å². The third-order valence-electron chi connectivity index (χ3n) is 3.71. The zero-order chi connectivity index (χ0) is 16.2. The van der Waals surface area contributed by atoms with Crippen LogP contribution < -0.4 is 9.64 Å². The van der Waals surface area contributed by atoms with Crippen molar-refractivity contribution in [1.29, 1.82) is 0 Å². The van der Waals surface area contributed by atoms with E-state index in [2.05, 4.69) is 15.0 Å². The molecule has 0 bridgehead atoms. The quantitative estimate of drug-likeness (QED) is 0.729. The molecule has 0 aliphatic rings. The van der Waals surface area contributed by atoms with Crippen LogP contribution in [-0.2, 0) is 6.42 Å². The first kappa shape index (κ1) is 20.7. The van der Waals surface area contributed by atoms with Crippen molar-refractivity contribution in [3.8, 4) is 11.5 Å². The molecule has 134 valence electrons. The number of pyridine rings is 1. The van der Waals surface area contributed by atoms with E-state index in [4.69, 9.17) is 4.74 Å². The first-order valence-corrected chi connectivity index (χ1v) is 7.32. The second kappa shape index (κ2) is 9.25. The van der Waals surface area contributed by atoms with E-state index in [1.165, 1.54) is 13.4 Å². The number of methoxy groups -OCH3 is 1. The highest BCUT2D eigenvalue weighted by atomic mass is 35.5. The zero-order valence-electron chi connectivity index (χ0n) is 13.9. The van der Waals surface area contributed by atoms with Gasteiger partial charge >= 0.3 is 0 Å². The average Bonchev–Trinajstić information content (AvgIpc) is 2.59. The fourth-order valence-electron chi connectivity index (χ4n) is 2.46. The Hall–Kier alpha value is -2.31. The zero-order valence-corrected chi connectivity index (χ0v) is 15.5. The molecular formula is C17H20Cl2N4O2. The van der Waals surface area contributed by atoms with Crippen LogP contribution in [0, 0.1) is 0 Å². The van der Waals surface area contributed by atoms with E-state index in [1.54, 1.807) is 18.3 Å². The number of rotatable bonds is 5. The molecule has 8 heteroatoms. The Labute approximate surface area is 158 Å². The maximum atomic E-state index is 10.0. The maximum absolute atomic E-state index is 10.0. The SMILES string of the molecule is COc1cc2ncnc(N(C)CCc3ccccn3)c2cc1O.Cl.Cl. The van der Waals surface area contributed by atoms with Crippen LogP contribution in [0.5, 0.6) is 11.5 Å². The van der Waals surface area contributed by atoms with Gasteiger partial charge in [-0.15, -0.1) is 24.8 Å². The Bertz CT molecular complexity index is 818. The van der Waals surface area contributed by atoms with Crippen LogP contribution in [0.25, 0.3) is 10.9 Å². The topological polar surface area (TPSA) is 71.4 Å². The molecule has 0 saturated heterocycles. The molecule has 2 heterocycles. The van der Waals surface area contributed by atoms with Gasteiger partial charge in [-0.1, -0.05) is 6.07 Å². The lowest BCUT2D eigenvalue weighted by Crippen LogP contribution is -2.22. The predicted molar refractivity (Wildman–Crippen MR) is 103 cm³/mol. The van der Waals surface area contributed by atoms with Gasteiger partial charge in [-0.25, -0.2) is 9.97 Å². The number of aromatic nitrogens is 3. The average molecular weight is 383 g/mol. The fourth-order valence-corrected chi connectivity index (χ4v) is 2.46. The highest BCUT2D eigenvalue weighted by Crippen LogP contribution is 2.33. The van der Waals surface area contributed by atoms with Gasteiger partial charge in [-0.2, -0.15) is 0 Å². The van der Waals surface area contributed by atoms with Crippen molar-refractivity contribution in [3.05, 3.63) is 48.5 Å². The van der Waals surface area contributed by atoms with Crippen molar-refractivity contribution in [2.24, 2.45) is 0 Å². The van der Waals surface area contributed by atoms with Crippen LogP contribution in [0.3, 0.4) is 0 Å². The molecular weight excluding hydrogens is 363 g/mol. The summed E-state index contributed by atoms with van der Waals surface area (Å²) in [7, 11) is 3.48. The van der Waals surface area contributed by atoms with E-state index in [-0.39, 0.29) is 30.6 Å². The van der Waals surface area contributed by atoms with Gasteiger partial charge < -0.3 is 14.7 Å². The van der Waals surface area contributed by atoms with E-state index in [9.17, 15) is 5.11 Å². The highest BCUT2D eigenvalue weighted by Gasteiger charge is 2.12. The molecule has 0 spiro atoms. The van der Waals surface area contributed by atoms with Crippen LogP contribution in [0.15, 0.2) is 42.9 Å². The summed E-state index contributed by atoms with van der Waals surface area (Å²) < 4.78 is 5.13. The van der Waals surface area contributed by atoms with Crippen molar-refractivity contribution in [3.63, 3.8) is 0 Å². The minimum Gasteiger partial charge on any atom is -0.504 e. The van der Waals surface area contributed by atoms with Crippen LogP contribution in [0.4, 0.5) is 5.82 Å². The van der Waals surface area contributed by atoms with E-state index >= 15 is 0 Å². The number of anilines is 1. The van der Waals surface area contributed by atoms with Gasteiger partial charge in [-0.05, 0) is 18.2 Å². The lowest BCUT2D eigenvalue weighted by atomic mass is 10.2. The Morgan fingerprint density at radius 2 is 1.92 bits per heavy atom. The molecule has 25 heavy (non-hydrogen) atoms. The molecule has 3 aromatic rings. The largest absolute Gasteiger partial charge is 0.504 e.